The van der Waals surface area contributed by atoms with Crippen molar-refractivity contribution >= 4 is 17.5 Å². The molecule has 0 saturated heterocycles. The van der Waals surface area contributed by atoms with Gasteiger partial charge in [-0.15, -0.1) is 0 Å². The highest BCUT2D eigenvalue weighted by atomic mass is 35.5. The van der Waals surface area contributed by atoms with Gasteiger partial charge >= 0.3 is 0 Å². The van der Waals surface area contributed by atoms with Crippen molar-refractivity contribution in [3.63, 3.8) is 0 Å². The number of nitrogens with zero attached hydrogens (tertiary/aromatic N) is 1. The number of carbonyl (C=O) groups excluding carboxylic acids is 1. The van der Waals surface area contributed by atoms with Crippen LogP contribution in [0.3, 0.4) is 0 Å². The van der Waals surface area contributed by atoms with Gasteiger partial charge in [0.2, 0.25) is 0 Å². The molecular formula is C14H19ClFNO2. The minimum atomic E-state index is -0.435. The Labute approximate surface area is 118 Å². The molecule has 1 rings (SSSR count). The summed E-state index contributed by atoms with van der Waals surface area (Å²) in [7, 11) is 0. The third-order valence-electron chi connectivity index (χ3n) is 2.65. The van der Waals surface area contributed by atoms with Crippen LogP contribution < -0.4 is 4.74 Å². The largest absolute Gasteiger partial charge is 0.482 e. The molecule has 0 unspecified atom stereocenters. The van der Waals surface area contributed by atoms with Gasteiger partial charge in [0, 0.05) is 12.1 Å². The number of hydrogen-bond donors (Lipinski definition) is 0. The Hall–Kier alpha value is -1.29. The van der Waals surface area contributed by atoms with Crippen molar-refractivity contribution in [3.05, 3.63) is 29.0 Å². The number of hydrogen-bond acceptors (Lipinski definition) is 2. The second kappa shape index (κ2) is 6.75. The predicted molar refractivity (Wildman–Crippen MR) is 74.0 cm³/mol. The summed E-state index contributed by atoms with van der Waals surface area (Å²) in [4.78, 5) is 13.8. The zero-order valence-electron chi connectivity index (χ0n) is 11.6. The van der Waals surface area contributed by atoms with Crippen molar-refractivity contribution in [3.8, 4) is 5.75 Å². The van der Waals surface area contributed by atoms with E-state index in [1.165, 1.54) is 12.1 Å². The molecule has 106 valence electrons. The van der Waals surface area contributed by atoms with Crippen LogP contribution in [0.4, 0.5) is 4.39 Å². The molecule has 0 spiro atoms. The smallest absolute Gasteiger partial charge is 0.260 e. The Morgan fingerprint density at radius 3 is 2.37 bits per heavy atom. The monoisotopic (exact) mass is 287 g/mol. The Balaban J connectivity index is 2.67. The van der Waals surface area contributed by atoms with Gasteiger partial charge in [-0.2, -0.15) is 0 Å². The summed E-state index contributed by atoms with van der Waals surface area (Å²) in [5, 5.41) is 0.161. The average Bonchev–Trinajstić information content (AvgIpc) is 2.26. The third-order valence-corrected chi connectivity index (χ3v) is 2.94. The van der Waals surface area contributed by atoms with Crippen molar-refractivity contribution in [1.82, 2.24) is 4.90 Å². The van der Waals surface area contributed by atoms with Crippen molar-refractivity contribution in [2.24, 2.45) is 0 Å². The third kappa shape index (κ3) is 4.39. The van der Waals surface area contributed by atoms with E-state index in [0.717, 1.165) is 6.07 Å². The summed E-state index contributed by atoms with van der Waals surface area (Å²) >= 11 is 5.83. The topological polar surface area (TPSA) is 29.5 Å². The van der Waals surface area contributed by atoms with E-state index in [2.05, 4.69) is 0 Å². The zero-order valence-corrected chi connectivity index (χ0v) is 12.4. The van der Waals surface area contributed by atoms with Crippen LogP contribution in [0.15, 0.2) is 18.2 Å². The maximum absolute atomic E-state index is 12.9. The number of benzene rings is 1. The minimum Gasteiger partial charge on any atom is -0.482 e. The van der Waals surface area contributed by atoms with Crippen LogP contribution in [0.1, 0.15) is 27.7 Å². The maximum atomic E-state index is 12.9. The number of carbonyl (C=O) groups is 1. The SMILES string of the molecule is CC(C)N(C(=O)COc1ccc(F)cc1Cl)C(C)C. The van der Waals surface area contributed by atoms with Crippen molar-refractivity contribution in [2.75, 3.05) is 6.61 Å². The van der Waals surface area contributed by atoms with Gasteiger partial charge in [0.25, 0.3) is 5.91 Å². The first-order valence-corrected chi connectivity index (χ1v) is 6.59. The van der Waals surface area contributed by atoms with Crippen LogP contribution >= 0.6 is 11.6 Å². The highest BCUT2D eigenvalue weighted by Crippen LogP contribution is 2.24. The summed E-state index contributed by atoms with van der Waals surface area (Å²) in [5.74, 6) is -0.246. The number of rotatable bonds is 5. The van der Waals surface area contributed by atoms with Crippen LogP contribution in [0.5, 0.6) is 5.75 Å². The second-order valence-corrected chi connectivity index (χ2v) is 5.26. The quantitative estimate of drug-likeness (QED) is 0.829. The van der Waals surface area contributed by atoms with Gasteiger partial charge < -0.3 is 9.64 Å². The number of amides is 1. The van der Waals surface area contributed by atoms with Crippen LogP contribution in [0, 0.1) is 5.82 Å². The summed E-state index contributed by atoms with van der Waals surface area (Å²) in [6.45, 7) is 7.68. The summed E-state index contributed by atoms with van der Waals surface area (Å²) in [6, 6.07) is 4.01. The van der Waals surface area contributed by atoms with E-state index in [9.17, 15) is 9.18 Å². The predicted octanol–water partition coefficient (Wildman–Crippen LogP) is 3.50. The van der Waals surface area contributed by atoms with E-state index < -0.39 is 5.82 Å². The fourth-order valence-electron chi connectivity index (χ4n) is 1.98. The van der Waals surface area contributed by atoms with Crippen molar-refractivity contribution < 1.29 is 13.9 Å². The molecule has 0 atom stereocenters. The molecule has 1 aromatic rings. The van der Waals surface area contributed by atoms with Gasteiger partial charge in [-0.3, -0.25) is 4.79 Å². The zero-order chi connectivity index (χ0) is 14.6. The lowest BCUT2D eigenvalue weighted by Crippen LogP contribution is -2.44. The van der Waals surface area contributed by atoms with E-state index in [1.807, 2.05) is 27.7 Å². The summed E-state index contributed by atoms with van der Waals surface area (Å²) in [5.41, 5.74) is 0. The minimum absolute atomic E-state index is 0.0970. The first kappa shape index (κ1) is 15.8. The molecule has 0 heterocycles. The molecule has 0 aliphatic heterocycles. The average molecular weight is 288 g/mol. The van der Waals surface area contributed by atoms with Crippen molar-refractivity contribution in [2.45, 2.75) is 39.8 Å². The molecule has 3 nitrogen and oxygen atoms in total. The molecule has 0 radical (unpaired) electrons. The summed E-state index contributed by atoms with van der Waals surface area (Å²) in [6.07, 6.45) is 0. The van der Waals surface area contributed by atoms with Crippen LogP contribution in [0.2, 0.25) is 5.02 Å². The molecule has 0 N–H and O–H groups in total. The van der Waals surface area contributed by atoms with E-state index >= 15 is 0 Å². The Morgan fingerprint density at radius 1 is 1.32 bits per heavy atom. The molecule has 0 fully saturated rings. The normalized spacial score (nSPS) is 10.9. The second-order valence-electron chi connectivity index (χ2n) is 4.85. The lowest BCUT2D eigenvalue weighted by Gasteiger charge is -2.30. The molecule has 0 aliphatic carbocycles. The molecule has 1 aromatic carbocycles. The molecule has 0 bridgehead atoms. The fourth-order valence-corrected chi connectivity index (χ4v) is 2.20. The molecule has 5 heteroatoms. The highest BCUT2D eigenvalue weighted by Gasteiger charge is 2.20. The van der Waals surface area contributed by atoms with Gasteiger partial charge in [0.05, 0.1) is 5.02 Å². The molecule has 0 saturated carbocycles. The van der Waals surface area contributed by atoms with Gasteiger partial charge in [0.1, 0.15) is 11.6 Å². The number of ether oxygens (including phenoxy) is 1. The van der Waals surface area contributed by atoms with Crippen LogP contribution in [-0.4, -0.2) is 29.5 Å². The van der Waals surface area contributed by atoms with Crippen LogP contribution in [0.25, 0.3) is 0 Å². The Morgan fingerprint density at radius 2 is 1.89 bits per heavy atom. The highest BCUT2D eigenvalue weighted by molar-refractivity contribution is 6.32. The molecule has 19 heavy (non-hydrogen) atoms. The Kier molecular flexibility index (Phi) is 5.60. The van der Waals surface area contributed by atoms with E-state index in [4.69, 9.17) is 16.3 Å². The first-order valence-electron chi connectivity index (χ1n) is 6.22. The van der Waals surface area contributed by atoms with Crippen LogP contribution in [-0.2, 0) is 4.79 Å². The Bertz CT molecular complexity index is 441. The number of halogens is 2. The van der Waals surface area contributed by atoms with Gasteiger partial charge in [0.15, 0.2) is 6.61 Å². The lowest BCUT2D eigenvalue weighted by molar-refractivity contribution is -0.136. The molecule has 1 amide bonds. The standard InChI is InChI=1S/C14H19ClFNO2/c1-9(2)17(10(3)4)14(18)8-19-13-6-5-11(16)7-12(13)15/h5-7,9-10H,8H2,1-4H3. The van der Waals surface area contributed by atoms with E-state index in [-0.39, 0.29) is 29.6 Å². The maximum Gasteiger partial charge on any atom is 0.260 e. The molecule has 0 aromatic heterocycles. The summed E-state index contributed by atoms with van der Waals surface area (Å²) < 4.78 is 18.2. The lowest BCUT2D eigenvalue weighted by atomic mass is 10.2. The van der Waals surface area contributed by atoms with Gasteiger partial charge in [-0.1, -0.05) is 11.6 Å². The van der Waals surface area contributed by atoms with Gasteiger partial charge in [-0.05, 0) is 45.9 Å². The van der Waals surface area contributed by atoms with Crippen molar-refractivity contribution in [1.29, 1.82) is 0 Å². The molecule has 0 aliphatic rings. The fraction of sp³-hybridized carbons (Fsp3) is 0.500. The van der Waals surface area contributed by atoms with E-state index in [0.29, 0.717) is 5.75 Å². The van der Waals surface area contributed by atoms with E-state index in [1.54, 1.807) is 4.90 Å². The first-order chi connectivity index (χ1) is 8.82. The van der Waals surface area contributed by atoms with Gasteiger partial charge in [-0.25, -0.2) is 4.39 Å². The molecular weight excluding hydrogens is 269 g/mol.